The SMILES string of the molecule is Cc1nc(C(C)(C)C)[nH]c(=O)c1C(=O)NC[C@@H](O)Cc1ccccc1. The van der Waals surface area contributed by atoms with Gasteiger partial charge in [0.1, 0.15) is 11.4 Å². The van der Waals surface area contributed by atoms with Crippen molar-refractivity contribution >= 4 is 5.91 Å². The smallest absolute Gasteiger partial charge is 0.264 e. The number of carbonyl (C=O) groups excluding carboxylic acids is 1. The van der Waals surface area contributed by atoms with E-state index in [9.17, 15) is 14.7 Å². The number of aryl methyl sites for hydroxylation is 1. The van der Waals surface area contributed by atoms with Gasteiger partial charge < -0.3 is 15.4 Å². The second-order valence-electron chi connectivity index (χ2n) is 7.18. The van der Waals surface area contributed by atoms with Crippen LogP contribution in [0.5, 0.6) is 0 Å². The van der Waals surface area contributed by atoms with E-state index < -0.39 is 17.6 Å². The number of carbonyl (C=O) groups is 1. The minimum atomic E-state index is -0.729. The maximum absolute atomic E-state index is 12.3. The first-order valence-corrected chi connectivity index (χ1v) is 8.30. The van der Waals surface area contributed by atoms with E-state index in [-0.39, 0.29) is 17.5 Å². The Kier molecular flexibility index (Phi) is 5.74. The molecular weight excluding hydrogens is 318 g/mol. The number of aromatic amines is 1. The largest absolute Gasteiger partial charge is 0.391 e. The Labute approximate surface area is 147 Å². The van der Waals surface area contributed by atoms with Crippen molar-refractivity contribution in [3.05, 3.63) is 63.3 Å². The van der Waals surface area contributed by atoms with Gasteiger partial charge >= 0.3 is 0 Å². The van der Waals surface area contributed by atoms with Gasteiger partial charge in [0.05, 0.1) is 11.8 Å². The lowest BCUT2D eigenvalue weighted by molar-refractivity contribution is 0.0913. The summed E-state index contributed by atoms with van der Waals surface area (Å²) < 4.78 is 0. The summed E-state index contributed by atoms with van der Waals surface area (Å²) in [7, 11) is 0. The Balaban J connectivity index is 2.05. The van der Waals surface area contributed by atoms with Gasteiger partial charge in [-0.1, -0.05) is 51.1 Å². The molecule has 0 spiro atoms. The molecule has 134 valence electrons. The third-order valence-electron chi connectivity index (χ3n) is 3.85. The van der Waals surface area contributed by atoms with Crippen LogP contribution in [-0.2, 0) is 11.8 Å². The van der Waals surface area contributed by atoms with Crippen LogP contribution < -0.4 is 10.9 Å². The van der Waals surface area contributed by atoms with Crippen molar-refractivity contribution < 1.29 is 9.90 Å². The topological polar surface area (TPSA) is 95.1 Å². The maximum Gasteiger partial charge on any atom is 0.264 e. The Bertz CT molecular complexity index is 792. The Morgan fingerprint density at radius 1 is 1.28 bits per heavy atom. The fourth-order valence-electron chi connectivity index (χ4n) is 2.47. The second-order valence-corrected chi connectivity index (χ2v) is 7.18. The van der Waals surface area contributed by atoms with Crippen molar-refractivity contribution in [1.29, 1.82) is 0 Å². The molecule has 0 saturated carbocycles. The number of aliphatic hydroxyl groups excluding tert-OH is 1. The van der Waals surface area contributed by atoms with Gasteiger partial charge in [-0.2, -0.15) is 0 Å². The fourth-order valence-corrected chi connectivity index (χ4v) is 2.47. The highest BCUT2D eigenvalue weighted by Crippen LogP contribution is 2.17. The highest BCUT2D eigenvalue weighted by molar-refractivity contribution is 5.94. The lowest BCUT2D eigenvalue weighted by Crippen LogP contribution is -2.38. The van der Waals surface area contributed by atoms with Gasteiger partial charge in [0, 0.05) is 18.4 Å². The van der Waals surface area contributed by atoms with Crippen LogP contribution in [0, 0.1) is 6.92 Å². The number of nitrogens with one attached hydrogen (secondary N) is 2. The van der Waals surface area contributed by atoms with Crippen molar-refractivity contribution in [3.63, 3.8) is 0 Å². The molecule has 0 saturated heterocycles. The number of benzene rings is 1. The fraction of sp³-hybridized carbons (Fsp3) is 0.421. The molecule has 25 heavy (non-hydrogen) atoms. The average molecular weight is 343 g/mol. The summed E-state index contributed by atoms with van der Waals surface area (Å²) in [5, 5.41) is 12.7. The number of amides is 1. The lowest BCUT2D eigenvalue weighted by Gasteiger charge is -2.18. The molecule has 1 amide bonds. The van der Waals surface area contributed by atoms with Crippen molar-refractivity contribution in [2.45, 2.75) is 45.6 Å². The van der Waals surface area contributed by atoms with E-state index in [2.05, 4.69) is 15.3 Å². The molecule has 6 nitrogen and oxygen atoms in total. The van der Waals surface area contributed by atoms with E-state index >= 15 is 0 Å². The predicted octanol–water partition coefficient (Wildman–Crippen LogP) is 1.71. The number of H-pyrrole nitrogens is 1. The maximum atomic E-state index is 12.3. The first-order chi connectivity index (χ1) is 11.7. The molecule has 0 aliphatic rings. The van der Waals surface area contributed by atoms with E-state index in [1.807, 2.05) is 51.1 Å². The van der Waals surface area contributed by atoms with Crippen LogP contribution in [0.15, 0.2) is 35.1 Å². The summed E-state index contributed by atoms with van der Waals surface area (Å²) in [6, 6.07) is 9.52. The molecule has 1 aromatic carbocycles. The average Bonchev–Trinajstić information content (AvgIpc) is 2.52. The summed E-state index contributed by atoms with van der Waals surface area (Å²) in [4.78, 5) is 31.6. The van der Waals surface area contributed by atoms with Crippen LogP contribution in [0.3, 0.4) is 0 Å². The first kappa shape index (κ1) is 18.9. The molecular formula is C19H25N3O3. The molecule has 1 heterocycles. The third-order valence-corrected chi connectivity index (χ3v) is 3.85. The zero-order valence-corrected chi connectivity index (χ0v) is 15.1. The molecule has 3 N–H and O–H groups in total. The molecule has 1 aromatic heterocycles. The van der Waals surface area contributed by atoms with Crippen LogP contribution in [0.2, 0.25) is 0 Å². The molecule has 2 rings (SSSR count). The Morgan fingerprint density at radius 3 is 2.48 bits per heavy atom. The molecule has 6 heteroatoms. The van der Waals surface area contributed by atoms with Gasteiger partial charge in [0.2, 0.25) is 0 Å². The number of rotatable bonds is 5. The quantitative estimate of drug-likeness (QED) is 0.770. The van der Waals surface area contributed by atoms with Gasteiger partial charge in [-0.05, 0) is 12.5 Å². The zero-order chi connectivity index (χ0) is 18.6. The third kappa shape index (κ3) is 5.00. The number of aromatic nitrogens is 2. The lowest BCUT2D eigenvalue weighted by atomic mass is 9.95. The Morgan fingerprint density at radius 2 is 1.92 bits per heavy atom. The summed E-state index contributed by atoms with van der Waals surface area (Å²) in [6.45, 7) is 7.51. The normalized spacial score (nSPS) is 12.7. The van der Waals surface area contributed by atoms with Gasteiger partial charge in [-0.15, -0.1) is 0 Å². The highest BCUT2D eigenvalue weighted by atomic mass is 16.3. The molecule has 0 aliphatic carbocycles. The highest BCUT2D eigenvalue weighted by Gasteiger charge is 2.22. The molecule has 0 bridgehead atoms. The minimum absolute atomic E-state index is 0.0140. The van der Waals surface area contributed by atoms with E-state index in [1.54, 1.807) is 6.92 Å². The van der Waals surface area contributed by atoms with Crippen molar-refractivity contribution in [2.75, 3.05) is 6.54 Å². The monoisotopic (exact) mass is 343 g/mol. The molecule has 0 fully saturated rings. The number of nitrogens with zero attached hydrogens (tertiary/aromatic N) is 1. The minimum Gasteiger partial charge on any atom is -0.391 e. The number of hydrogen-bond acceptors (Lipinski definition) is 4. The van der Waals surface area contributed by atoms with Gasteiger partial charge in [0.25, 0.3) is 11.5 Å². The van der Waals surface area contributed by atoms with Crippen molar-refractivity contribution in [2.24, 2.45) is 0 Å². The predicted molar refractivity (Wildman–Crippen MR) is 96.8 cm³/mol. The van der Waals surface area contributed by atoms with Gasteiger partial charge in [-0.3, -0.25) is 9.59 Å². The molecule has 0 radical (unpaired) electrons. The first-order valence-electron chi connectivity index (χ1n) is 8.30. The number of aliphatic hydroxyl groups is 1. The van der Waals surface area contributed by atoms with Gasteiger partial charge in [-0.25, -0.2) is 4.98 Å². The summed E-state index contributed by atoms with van der Waals surface area (Å²) >= 11 is 0. The zero-order valence-electron chi connectivity index (χ0n) is 15.1. The molecule has 0 aliphatic heterocycles. The molecule has 2 aromatic rings. The molecule has 0 unspecified atom stereocenters. The van der Waals surface area contributed by atoms with Crippen LogP contribution in [0.4, 0.5) is 0 Å². The summed E-state index contributed by atoms with van der Waals surface area (Å²) in [5.74, 6) is 0.00878. The summed E-state index contributed by atoms with van der Waals surface area (Å²) in [5.41, 5.74) is 0.565. The number of hydrogen-bond donors (Lipinski definition) is 3. The van der Waals surface area contributed by atoms with Crippen LogP contribution in [-0.4, -0.2) is 33.6 Å². The Hall–Kier alpha value is -2.47. The second kappa shape index (κ2) is 7.61. The van der Waals surface area contributed by atoms with Crippen LogP contribution in [0.1, 0.15) is 48.2 Å². The standard InChI is InChI=1S/C19H25N3O3/c1-12-15(17(25)22-18(21-12)19(2,3)4)16(24)20-11-14(23)10-13-8-6-5-7-9-13/h5-9,14,23H,10-11H2,1-4H3,(H,20,24)(H,21,22,25)/t14-/m0/s1. The van der Waals surface area contributed by atoms with E-state index in [0.29, 0.717) is 17.9 Å². The van der Waals surface area contributed by atoms with Crippen molar-refractivity contribution in [1.82, 2.24) is 15.3 Å². The molecule has 1 atom stereocenters. The van der Waals surface area contributed by atoms with Gasteiger partial charge in [0.15, 0.2) is 0 Å². The van der Waals surface area contributed by atoms with Crippen LogP contribution in [0.25, 0.3) is 0 Å². The van der Waals surface area contributed by atoms with Crippen molar-refractivity contribution in [3.8, 4) is 0 Å². The summed E-state index contributed by atoms with van der Waals surface area (Å²) in [6.07, 6.45) is -0.301. The van der Waals surface area contributed by atoms with E-state index in [0.717, 1.165) is 5.56 Å². The van der Waals surface area contributed by atoms with E-state index in [4.69, 9.17) is 0 Å². The van der Waals surface area contributed by atoms with Crippen LogP contribution >= 0.6 is 0 Å². The van der Waals surface area contributed by atoms with E-state index in [1.165, 1.54) is 0 Å².